The number of aliphatic hydroxyl groups is 1. The largest absolute Gasteiger partial charge is 0.493 e. The molecule has 0 saturated carbocycles. The first-order valence-corrected chi connectivity index (χ1v) is 10.2. The Labute approximate surface area is 185 Å². The van der Waals surface area contributed by atoms with Crippen molar-refractivity contribution >= 4 is 16.9 Å². The Balaban J connectivity index is 1.51. The molecule has 0 saturated heterocycles. The number of carbonyl (C=O) groups excluding carboxylic acids is 1. The number of benzene rings is 3. The Morgan fingerprint density at radius 1 is 1.00 bits per heavy atom. The van der Waals surface area contributed by atoms with Gasteiger partial charge in [0.05, 0.1) is 13.7 Å². The monoisotopic (exact) mass is 429 g/mol. The van der Waals surface area contributed by atoms with E-state index < -0.39 is 17.1 Å². The number of hydrogen-bond donors (Lipinski definition) is 2. The Bertz CT molecular complexity index is 1310. The number of methoxy groups -OCH3 is 1. The molecule has 0 aliphatic rings. The van der Waals surface area contributed by atoms with Crippen LogP contribution in [-0.4, -0.2) is 24.7 Å². The normalized spacial score (nSPS) is 12.8. The molecule has 1 aromatic heterocycles. The van der Waals surface area contributed by atoms with Crippen molar-refractivity contribution in [2.45, 2.75) is 12.5 Å². The molecule has 1 atom stereocenters. The molecule has 6 nitrogen and oxygen atoms in total. The average Bonchev–Trinajstić information content (AvgIpc) is 2.82. The van der Waals surface area contributed by atoms with Crippen molar-refractivity contribution in [2.24, 2.45) is 0 Å². The maximum atomic E-state index is 12.7. The number of ether oxygens (including phenoxy) is 1. The minimum absolute atomic E-state index is 0.0773. The van der Waals surface area contributed by atoms with Gasteiger partial charge in [0.15, 0.2) is 11.3 Å². The van der Waals surface area contributed by atoms with Gasteiger partial charge in [-0.05, 0) is 35.7 Å². The highest BCUT2D eigenvalue weighted by molar-refractivity contribution is 5.97. The molecule has 162 valence electrons. The molecule has 2 N–H and O–H groups in total. The van der Waals surface area contributed by atoms with Crippen LogP contribution in [0.2, 0.25) is 0 Å². The Morgan fingerprint density at radius 2 is 1.69 bits per heavy atom. The zero-order valence-corrected chi connectivity index (χ0v) is 17.8. The number of fused-ring (bicyclic) bond motifs is 1. The van der Waals surface area contributed by atoms with E-state index in [1.807, 2.05) is 54.6 Å². The van der Waals surface area contributed by atoms with Gasteiger partial charge in [-0.3, -0.25) is 4.79 Å². The molecule has 0 fully saturated rings. The van der Waals surface area contributed by atoms with Gasteiger partial charge < -0.3 is 19.6 Å². The minimum Gasteiger partial charge on any atom is -0.493 e. The number of hydrogen-bond acceptors (Lipinski definition) is 5. The molecule has 0 aliphatic heterocycles. The fourth-order valence-electron chi connectivity index (χ4n) is 3.54. The van der Waals surface area contributed by atoms with Gasteiger partial charge in [0, 0.05) is 5.39 Å². The predicted octanol–water partition coefficient (Wildman–Crippen LogP) is 4.11. The van der Waals surface area contributed by atoms with E-state index in [2.05, 4.69) is 5.32 Å². The highest BCUT2D eigenvalue weighted by Gasteiger charge is 2.25. The Morgan fingerprint density at radius 3 is 2.38 bits per heavy atom. The molecule has 4 aromatic rings. The number of amides is 1. The van der Waals surface area contributed by atoms with Crippen LogP contribution in [-0.2, 0) is 5.60 Å². The van der Waals surface area contributed by atoms with Gasteiger partial charge >= 0.3 is 5.63 Å². The van der Waals surface area contributed by atoms with Crippen LogP contribution >= 0.6 is 0 Å². The van der Waals surface area contributed by atoms with Crippen LogP contribution in [0.5, 0.6) is 5.75 Å². The van der Waals surface area contributed by atoms with Crippen molar-refractivity contribution in [2.75, 3.05) is 13.7 Å². The van der Waals surface area contributed by atoms with E-state index in [-0.39, 0.29) is 17.7 Å². The average molecular weight is 429 g/mol. The van der Waals surface area contributed by atoms with Gasteiger partial charge in [-0.1, -0.05) is 66.7 Å². The van der Waals surface area contributed by atoms with E-state index in [0.717, 1.165) is 11.1 Å². The lowest BCUT2D eigenvalue weighted by molar-refractivity contribution is 0.0525. The molecule has 1 amide bonds. The number of carbonyl (C=O) groups is 1. The second kappa shape index (κ2) is 8.69. The SMILES string of the molecule is COc1cccc2cc(C(=O)NCC(C)(O)c3ccc(-c4ccccc4)cc3)c(=O)oc12. The fourth-order valence-corrected chi connectivity index (χ4v) is 3.54. The van der Waals surface area contributed by atoms with Crippen molar-refractivity contribution in [3.8, 4) is 16.9 Å². The van der Waals surface area contributed by atoms with Crippen molar-refractivity contribution in [3.63, 3.8) is 0 Å². The number of para-hydroxylation sites is 1. The number of nitrogens with one attached hydrogen (secondary N) is 1. The summed E-state index contributed by atoms with van der Waals surface area (Å²) in [5.41, 5.74) is 0.790. The molecule has 1 heterocycles. The first kappa shape index (κ1) is 21.3. The third-order valence-corrected chi connectivity index (χ3v) is 5.40. The molecular formula is C26H23NO5. The van der Waals surface area contributed by atoms with E-state index in [1.54, 1.807) is 25.1 Å². The smallest absolute Gasteiger partial charge is 0.349 e. The zero-order chi connectivity index (χ0) is 22.7. The van der Waals surface area contributed by atoms with E-state index in [0.29, 0.717) is 16.7 Å². The summed E-state index contributed by atoms with van der Waals surface area (Å²) in [5.74, 6) is -0.210. The Kier molecular flexibility index (Phi) is 5.79. The Hall–Kier alpha value is -3.90. The van der Waals surface area contributed by atoms with Crippen molar-refractivity contribution in [3.05, 3.63) is 100 Å². The summed E-state index contributed by atoms with van der Waals surface area (Å²) in [6.45, 7) is 1.53. The van der Waals surface area contributed by atoms with Crippen LogP contribution in [0.4, 0.5) is 0 Å². The third-order valence-electron chi connectivity index (χ3n) is 5.40. The van der Waals surface area contributed by atoms with Gasteiger partial charge in [0.2, 0.25) is 0 Å². The van der Waals surface area contributed by atoms with Crippen molar-refractivity contribution < 1.29 is 19.1 Å². The minimum atomic E-state index is -1.33. The molecule has 3 aromatic carbocycles. The summed E-state index contributed by atoms with van der Waals surface area (Å²) in [6, 6.07) is 24.0. The van der Waals surface area contributed by atoms with Crippen LogP contribution in [0.15, 0.2) is 88.1 Å². The van der Waals surface area contributed by atoms with Gasteiger partial charge in [-0.15, -0.1) is 0 Å². The second-order valence-corrected chi connectivity index (χ2v) is 7.73. The van der Waals surface area contributed by atoms with Crippen LogP contribution in [0.3, 0.4) is 0 Å². The highest BCUT2D eigenvalue weighted by atomic mass is 16.5. The lowest BCUT2D eigenvalue weighted by Gasteiger charge is -2.24. The van der Waals surface area contributed by atoms with Crippen molar-refractivity contribution in [1.29, 1.82) is 0 Å². The summed E-state index contributed by atoms with van der Waals surface area (Å²) < 4.78 is 10.5. The van der Waals surface area contributed by atoms with Gasteiger partial charge in [0.1, 0.15) is 11.2 Å². The molecule has 0 aliphatic carbocycles. The first-order chi connectivity index (χ1) is 15.4. The van der Waals surface area contributed by atoms with E-state index in [1.165, 1.54) is 13.2 Å². The van der Waals surface area contributed by atoms with E-state index >= 15 is 0 Å². The van der Waals surface area contributed by atoms with E-state index in [9.17, 15) is 14.7 Å². The van der Waals surface area contributed by atoms with E-state index in [4.69, 9.17) is 9.15 Å². The summed E-state index contributed by atoms with van der Waals surface area (Å²) in [6.07, 6.45) is 0. The summed E-state index contributed by atoms with van der Waals surface area (Å²) >= 11 is 0. The molecule has 0 spiro atoms. The van der Waals surface area contributed by atoms with Gasteiger partial charge in [-0.2, -0.15) is 0 Å². The van der Waals surface area contributed by atoms with Crippen LogP contribution in [0.1, 0.15) is 22.8 Å². The van der Waals surface area contributed by atoms with Crippen LogP contribution in [0.25, 0.3) is 22.1 Å². The summed E-state index contributed by atoms with van der Waals surface area (Å²) in [7, 11) is 1.48. The molecule has 32 heavy (non-hydrogen) atoms. The summed E-state index contributed by atoms with van der Waals surface area (Å²) in [5, 5.41) is 14.1. The topological polar surface area (TPSA) is 88.8 Å². The third kappa shape index (κ3) is 4.26. The molecule has 1 unspecified atom stereocenters. The molecule has 6 heteroatoms. The fraction of sp³-hybridized carbons (Fsp3) is 0.154. The predicted molar refractivity (Wildman–Crippen MR) is 123 cm³/mol. The van der Waals surface area contributed by atoms with Gasteiger partial charge in [-0.25, -0.2) is 4.79 Å². The molecule has 4 rings (SSSR count). The quantitative estimate of drug-likeness (QED) is 0.451. The lowest BCUT2D eigenvalue weighted by Crippen LogP contribution is -2.39. The second-order valence-electron chi connectivity index (χ2n) is 7.73. The maximum absolute atomic E-state index is 12.7. The lowest BCUT2D eigenvalue weighted by atomic mass is 9.93. The first-order valence-electron chi connectivity index (χ1n) is 10.2. The summed E-state index contributed by atoms with van der Waals surface area (Å²) in [4.78, 5) is 25.0. The molecular weight excluding hydrogens is 406 g/mol. The van der Waals surface area contributed by atoms with Gasteiger partial charge in [0.25, 0.3) is 5.91 Å². The zero-order valence-electron chi connectivity index (χ0n) is 17.8. The highest BCUT2D eigenvalue weighted by Crippen LogP contribution is 2.26. The van der Waals surface area contributed by atoms with Crippen LogP contribution in [0, 0.1) is 0 Å². The molecule has 0 bridgehead atoms. The standard InChI is InChI=1S/C26H23NO5/c1-26(30,20-13-11-18(12-14-20)17-7-4-3-5-8-17)16-27-24(28)21-15-19-9-6-10-22(31-2)23(19)32-25(21)29/h3-15,30H,16H2,1-2H3,(H,27,28). The molecule has 0 radical (unpaired) electrons. The van der Waals surface area contributed by atoms with Crippen LogP contribution < -0.4 is 15.7 Å². The number of rotatable bonds is 6. The van der Waals surface area contributed by atoms with Crippen molar-refractivity contribution in [1.82, 2.24) is 5.32 Å². The maximum Gasteiger partial charge on any atom is 0.349 e.